The first-order chi connectivity index (χ1) is 3.72. The quantitative estimate of drug-likeness (QED) is 0.233. The maximum absolute atomic E-state index is 10.4. The third kappa shape index (κ3) is 1.69. The number of hydrogen-bond acceptors (Lipinski definition) is 2. The molecule has 0 aliphatic rings. The molecule has 0 aliphatic carbocycles. The first-order valence-electron chi connectivity index (χ1n) is 2.39. The molecule has 0 amide bonds. The highest BCUT2D eigenvalue weighted by Crippen LogP contribution is 1.90. The van der Waals surface area contributed by atoms with Crippen LogP contribution in [-0.2, 0) is 9.59 Å². The van der Waals surface area contributed by atoms with Crippen LogP contribution >= 0.6 is 0 Å². The Hall–Kier alpha value is -0.920. The fourth-order valence-corrected chi connectivity index (χ4v) is 0.293. The summed E-state index contributed by atoms with van der Waals surface area (Å²) in [7, 11) is 0. The van der Waals surface area contributed by atoms with Crippen molar-refractivity contribution in [3.8, 4) is 0 Å². The summed E-state index contributed by atoms with van der Waals surface area (Å²) in [6.07, 6.45) is 0.837. The molecule has 2 heteroatoms. The van der Waals surface area contributed by atoms with E-state index >= 15 is 0 Å². The van der Waals surface area contributed by atoms with Crippen LogP contribution in [-0.4, -0.2) is 12.1 Å². The molecule has 0 saturated carbocycles. The van der Waals surface area contributed by atoms with Crippen molar-refractivity contribution in [2.45, 2.75) is 13.3 Å². The second-order valence-corrected chi connectivity index (χ2v) is 1.42. The Kier molecular flexibility index (Phi) is 2.77. The van der Waals surface area contributed by atoms with Crippen molar-refractivity contribution in [1.82, 2.24) is 0 Å². The zero-order valence-electron chi connectivity index (χ0n) is 4.81. The molecule has 0 heterocycles. The minimum absolute atomic E-state index is 0.0625. The summed E-state index contributed by atoms with van der Waals surface area (Å²) in [6.45, 7) is 4.92. The molecule has 0 saturated heterocycles. The lowest BCUT2D eigenvalue weighted by Crippen LogP contribution is -1.98. The van der Waals surface area contributed by atoms with Gasteiger partial charge in [0.2, 0.25) is 0 Å². The lowest BCUT2D eigenvalue weighted by atomic mass is 10.2. The molecule has 0 atom stereocenters. The van der Waals surface area contributed by atoms with E-state index in [1.807, 2.05) is 0 Å². The fourth-order valence-electron chi connectivity index (χ4n) is 0.293. The van der Waals surface area contributed by atoms with Gasteiger partial charge in [-0.2, -0.15) is 0 Å². The molecule has 0 spiro atoms. The zero-order valence-corrected chi connectivity index (χ0v) is 4.81. The van der Waals surface area contributed by atoms with Crippen molar-refractivity contribution < 1.29 is 9.59 Å². The SMILES string of the molecule is C=C(C=O)C(=O)CC. The molecule has 0 aliphatic heterocycles. The number of aldehydes is 1. The molecule has 0 aromatic carbocycles. The Balaban J connectivity index is 3.82. The number of carbonyl (C=O) groups excluding carboxylic acids is 2. The van der Waals surface area contributed by atoms with E-state index in [1.165, 1.54) is 0 Å². The summed E-state index contributed by atoms with van der Waals surface area (Å²) in [4.78, 5) is 20.2. The Morgan fingerprint density at radius 3 is 2.38 bits per heavy atom. The van der Waals surface area contributed by atoms with E-state index < -0.39 is 0 Å². The van der Waals surface area contributed by atoms with Crippen molar-refractivity contribution in [2.75, 3.05) is 0 Å². The lowest BCUT2D eigenvalue weighted by molar-refractivity contribution is -0.117. The Bertz CT molecular complexity index is 124. The van der Waals surface area contributed by atoms with E-state index in [0.29, 0.717) is 12.7 Å². The number of Topliss-reactive ketones (excluding diaryl/α,β-unsaturated/α-hetero) is 1. The average Bonchev–Trinajstić information content (AvgIpc) is 1.84. The summed E-state index contributed by atoms with van der Waals surface area (Å²) in [5.41, 5.74) is 0.0625. The van der Waals surface area contributed by atoms with E-state index in [0.717, 1.165) is 0 Å². The average molecular weight is 112 g/mol. The Labute approximate surface area is 48.2 Å². The normalized spacial score (nSPS) is 8.12. The monoisotopic (exact) mass is 112 g/mol. The van der Waals surface area contributed by atoms with Crippen LogP contribution in [0, 0.1) is 0 Å². The molecule has 0 N–H and O–H groups in total. The molecule has 0 aromatic rings. The molecule has 0 radical (unpaired) electrons. The van der Waals surface area contributed by atoms with E-state index in [2.05, 4.69) is 6.58 Å². The van der Waals surface area contributed by atoms with Gasteiger partial charge in [0, 0.05) is 6.42 Å². The third-order valence-corrected chi connectivity index (χ3v) is 0.822. The highest BCUT2D eigenvalue weighted by molar-refractivity contribution is 6.10. The standard InChI is InChI=1S/C6H8O2/c1-3-6(8)5(2)4-7/h4H,2-3H2,1H3. The number of ketones is 1. The van der Waals surface area contributed by atoms with Crippen LogP contribution in [0.5, 0.6) is 0 Å². The highest BCUT2D eigenvalue weighted by Gasteiger charge is 1.99. The van der Waals surface area contributed by atoms with Gasteiger partial charge in [-0.15, -0.1) is 0 Å². The Morgan fingerprint density at radius 1 is 1.75 bits per heavy atom. The van der Waals surface area contributed by atoms with Gasteiger partial charge >= 0.3 is 0 Å². The topological polar surface area (TPSA) is 34.1 Å². The molecular weight excluding hydrogens is 104 g/mol. The summed E-state index contributed by atoms with van der Waals surface area (Å²) >= 11 is 0. The highest BCUT2D eigenvalue weighted by atomic mass is 16.1. The second kappa shape index (κ2) is 3.13. The second-order valence-electron chi connectivity index (χ2n) is 1.42. The van der Waals surface area contributed by atoms with Crippen LogP contribution in [0.25, 0.3) is 0 Å². The van der Waals surface area contributed by atoms with Gasteiger partial charge in [-0.25, -0.2) is 0 Å². The van der Waals surface area contributed by atoms with Crippen LogP contribution in [0.4, 0.5) is 0 Å². The van der Waals surface area contributed by atoms with Crippen molar-refractivity contribution >= 4 is 12.1 Å². The van der Waals surface area contributed by atoms with E-state index in [1.54, 1.807) is 6.92 Å². The lowest BCUT2D eigenvalue weighted by Gasteiger charge is -1.86. The first kappa shape index (κ1) is 7.08. The van der Waals surface area contributed by atoms with E-state index in [4.69, 9.17) is 0 Å². The molecule has 8 heavy (non-hydrogen) atoms. The fraction of sp³-hybridized carbons (Fsp3) is 0.333. The van der Waals surface area contributed by atoms with Gasteiger partial charge in [-0.1, -0.05) is 13.5 Å². The minimum Gasteiger partial charge on any atom is -0.298 e. The van der Waals surface area contributed by atoms with Gasteiger partial charge in [-0.05, 0) is 0 Å². The summed E-state index contributed by atoms with van der Waals surface area (Å²) in [5.74, 6) is -0.181. The van der Waals surface area contributed by atoms with Crippen LogP contribution in [0.3, 0.4) is 0 Å². The molecule has 2 nitrogen and oxygen atoms in total. The van der Waals surface area contributed by atoms with Crippen molar-refractivity contribution in [1.29, 1.82) is 0 Å². The number of hydrogen-bond donors (Lipinski definition) is 0. The summed E-state index contributed by atoms with van der Waals surface area (Å²) in [6, 6.07) is 0. The molecule has 0 unspecified atom stereocenters. The first-order valence-corrected chi connectivity index (χ1v) is 2.39. The number of allylic oxidation sites excluding steroid dienone is 1. The van der Waals surface area contributed by atoms with Crippen LogP contribution in [0.2, 0.25) is 0 Å². The van der Waals surface area contributed by atoms with Crippen LogP contribution in [0.1, 0.15) is 13.3 Å². The number of rotatable bonds is 3. The van der Waals surface area contributed by atoms with Crippen molar-refractivity contribution in [2.24, 2.45) is 0 Å². The van der Waals surface area contributed by atoms with E-state index in [-0.39, 0.29) is 11.4 Å². The van der Waals surface area contributed by atoms with Gasteiger partial charge in [0.05, 0.1) is 5.57 Å². The van der Waals surface area contributed by atoms with Crippen molar-refractivity contribution in [3.63, 3.8) is 0 Å². The van der Waals surface area contributed by atoms with Gasteiger partial charge < -0.3 is 0 Å². The molecular formula is C6H8O2. The van der Waals surface area contributed by atoms with Crippen LogP contribution < -0.4 is 0 Å². The van der Waals surface area contributed by atoms with Gasteiger partial charge in [0.1, 0.15) is 0 Å². The summed E-state index contributed by atoms with van der Waals surface area (Å²) in [5, 5.41) is 0. The Morgan fingerprint density at radius 2 is 2.25 bits per heavy atom. The van der Waals surface area contributed by atoms with Gasteiger partial charge in [-0.3, -0.25) is 9.59 Å². The zero-order chi connectivity index (χ0) is 6.57. The number of carbonyl (C=O) groups is 2. The minimum atomic E-state index is -0.181. The van der Waals surface area contributed by atoms with Gasteiger partial charge in [0.15, 0.2) is 12.1 Å². The maximum atomic E-state index is 10.4. The van der Waals surface area contributed by atoms with Gasteiger partial charge in [0.25, 0.3) is 0 Å². The molecule has 0 aromatic heterocycles. The molecule has 0 rings (SSSR count). The molecule has 0 fully saturated rings. The third-order valence-electron chi connectivity index (χ3n) is 0.822. The van der Waals surface area contributed by atoms with Crippen molar-refractivity contribution in [3.05, 3.63) is 12.2 Å². The predicted molar refractivity (Wildman–Crippen MR) is 30.5 cm³/mol. The smallest absolute Gasteiger partial charge is 0.165 e. The largest absolute Gasteiger partial charge is 0.298 e. The molecule has 0 bridgehead atoms. The van der Waals surface area contributed by atoms with E-state index in [9.17, 15) is 9.59 Å². The summed E-state index contributed by atoms with van der Waals surface area (Å²) < 4.78 is 0. The predicted octanol–water partition coefficient (Wildman–Crippen LogP) is 0.721. The van der Waals surface area contributed by atoms with Crippen LogP contribution in [0.15, 0.2) is 12.2 Å². The maximum Gasteiger partial charge on any atom is 0.165 e. The molecule has 44 valence electrons.